The van der Waals surface area contributed by atoms with E-state index < -0.39 is 17.5 Å². The third-order valence-corrected chi connectivity index (χ3v) is 3.43. The van der Waals surface area contributed by atoms with Gasteiger partial charge in [0.15, 0.2) is 5.78 Å². The molecule has 6 heteroatoms. The second kappa shape index (κ2) is 5.89. The van der Waals surface area contributed by atoms with E-state index in [-0.39, 0.29) is 17.7 Å². The fourth-order valence-electron chi connectivity index (χ4n) is 1.90. The van der Waals surface area contributed by atoms with Gasteiger partial charge in [-0.2, -0.15) is 13.2 Å². The summed E-state index contributed by atoms with van der Waals surface area (Å²) in [5, 5.41) is 0. The lowest BCUT2D eigenvalue weighted by atomic mass is 9.99. The first-order valence-electron chi connectivity index (χ1n) is 6.02. The van der Waals surface area contributed by atoms with Crippen LogP contribution in [-0.4, -0.2) is 5.78 Å². The van der Waals surface area contributed by atoms with Crippen molar-refractivity contribution in [1.82, 2.24) is 0 Å². The van der Waals surface area contributed by atoms with Crippen molar-refractivity contribution in [3.63, 3.8) is 0 Å². The largest absolute Gasteiger partial charge is 0.416 e. The monoisotopic (exact) mass is 357 g/mol. The Morgan fingerprint density at radius 1 is 1.14 bits per heavy atom. The van der Waals surface area contributed by atoms with E-state index in [2.05, 4.69) is 15.9 Å². The molecule has 110 valence electrons. The number of carbonyl (C=O) groups excluding carboxylic acids is 1. The predicted octanol–water partition coefficient (Wildman–Crippen LogP) is 4.48. The third-order valence-electron chi connectivity index (χ3n) is 2.93. The molecule has 0 bridgehead atoms. The summed E-state index contributed by atoms with van der Waals surface area (Å²) in [4.78, 5) is 12.2. The SMILES string of the molecule is Nc1ccc(C(F)(F)F)cc1C(=O)Cc1cccc(Br)c1. The number of halogens is 4. The minimum absolute atomic E-state index is 0.00898. The Morgan fingerprint density at radius 3 is 2.48 bits per heavy atom. The minimum Gasteiger partial charge on any atom is -0.398 e. The molecule has 0 atom stereocenters. The standard InChI is InChI=1S/C15H11BrF3NO/c16-11-3-1-2-9(6-11)7-14(21)12-8-10(15(17,18)19)4-5-13(12)20/h1-6,8H,7,20H2. The fourth-order valence-corrected chi connectivity index (χ4v) is 2.35. The number of Topliss-reactive ketones (excluding diaryl/α,β-unsaturated/α-hetero) is 1. The molecule has 21 heavy (non-hydrogen) atoms. The first-order chi connectivity index (χ1) is 9.77. The lowest BCUT2D eigenvalue weighted by molar-refractivity contribution is -0.137. The molecule has 0 aliphatic heterocycles. The highest BCUT2D eigenvalue weighted by Gasteiger charge is 2.31. The van der Waals surface area contributed by atoms with Crippen molar-refractivity contribution in [2.75, 3.05) is 5.73 Å². The van der Waals surface area contributed by atoms with E-state index in [9.17, 15) is 18.0 Å². The lowest BCUT2D eigenvalue weighted by Crippen LogP contribution is -2.11. The first-order valence-corrected chi connectivity index (χ1v) is 6.81. The molecular weight excluding hydrogens is 347 g/mol. The summed E-state index contributed by atoms with van der Waals surface area (Å²) >= 11 is 3.28. The molecule has 2 aromatic rings. The summed E-state index contributed by atoms with van der Waals surface area (Å²) in [7, 11) is 0. The van der Waals surface area contributed by atoms with Crippen LogP contribution in [0.5, 0.6) is 0 Å². The van der Waals surface area contributed by atoms with E-state index in [4.69, 9.17) is 5.73 Å². The highest BCUT2D eigenvalue weighted by molar-refractivity contribution is 9.10. The Labute approximate surface area is 127 Å². The van der Waals surface area contributed by atoms with Crippen LogP contribution in [0.25, 0.3) is 0 Å². The van der Waals surface area contributed by atoms with Crippen molar-refractivity contribution in [3.05, 3.63) is 63.6 Å². The maximum absolute atomic E-state index is 12.7. The number of anilines is 1. The second-order valence-electron chi connectivity index (χ2n) is 4.53. The van der Waals surface area contributed by atoms with Gasteiger partial charge in [-0.1, -0.05) is 28.1 Å². The maximum Gasteiger partial charge on any atom is 0.416 e. The van der Waals surface area contributed by atoms with Crippen LogP contribution in [0.4, 0.5) is 18.9 Å². The van der Waals surface area contributed by atoms with E-state index in [1.807, 2.05) is 0 Å². The van der Waals surface area contributed by atoms with Crippen molar-refractivity contribution in [1.29, 1.82) is 0 Å². The summed E-state index contributed by atoms with van der Waals surface area (Å²) < 4.78 is 38.8. The van der Waals surface area contributed by atoms with E-state index in [0.717, 1.165) is 22.7 Å². The molecule has 0 aliphatic rings. The topological polar surface area (TPSA) is 43.1 Å². The van der Waals surface area contributed by atoms with Crippen LogP contribution in [0.15, 0.2) is 46.9 Å². The smallest absolute Gasteiger partial charge is 0.398 e. The van der Waals surface area contributed by atoms with Crippen molar-refractivity contribution < 1.29 is 18.0 Å². The predicted molar refractivity (Wildman–Crippen MR) is 78.0 cm³/mol. The second-order valence-corrected chi connectivity index (χ2v) is 5.45. The molecule has 0 unspecified atom stereocenters. The molecule has 2 nitrogen and oxygen atoms in total. The van der Waals surface area contributed by atoms with Crippen molar-refractivity contribution in [3.8, 4) is 0 Å². The Kier molecular flexibility index (Phi) is 4.37. The van der Waals surface area contributed by atoms with E-state index in [1.165, 1.54) is 0 Å². The number of alkyl halides is 3. The average molecular weight is 358 g/mol. The third kappa shape index (κ3) is 3.85. The van der Waals surface area contributed by atoms with Gasteiger partial charge in [0.05, 0.1) is 5.56 Å². The van der Waals surface area contributed by atoms with Gasteiger partial charge in [-0.25, -0.2) is 0 Å². The first kappa shape index (κ1) is 15.6. The van der Waals surface area contributed by atoms with Gasteiger partial charge in [0.2, 0.25) is 0 Å². The zero-order valence-corrected chi connectivity index (χ0v) is 12.3. The number of ketones is 1. The average Bonchev–Trinajstić information content (AvgIpc) is 2.37. The van der Waals surface area contributed by atoms with Gasteiger partial charge in [-0.15, -0.1) is 0 Å². The number of benzene rings is 2. The molecular formula is C15H11BrF3NO. The molecule has 0 saturated heterocycles. The van der Waals surface area contributed by atoms with Gasteiger partial charge in [-0.05, 0) is 35.9 Å². The highest BCUT2D eigenvalue weighted by atomic mass is 79.9. The van der Waals surface area contributed by atoms with Crippen LogP contribution < -0.4 is 5.73 Å². The minimum atomic E-state index is -4.50. The Bertz CT molecular complexity index is 683. The highest BCUT2D eigenvalue weighted by Crippen LogP contribution is 2.31. The molecule has 0 amide bonds. The maximum atomic E-state index is 12.7. The number of nitrogen functional groups attached to an aromatic ring is 1. The molecule has 0 fully saturated rings. The van der Waals surface area contributed by atoms with Gasteiger partial charge in [0, 0.05) is 22.1 Å². The van der Waals surface area contributed by atoms with Crippen LogP contribution in [0.3, 0.4) is 0 Å². The number of nitrogens with two attached hydrogens (primary N) is 1. The molecule has 2 aromatic carbocycles. The summed E-state index contributed by atoms with van der Waals surface area (Å²) in [6, 6.07) is 9.79. The van der Waals surface area contributed by atoms with E-state index >= 15 is 0 Å². The number of carbonyl (C=O) groups is 1. The van der Waals surface area contributed by atoms with Gasteiger partial charge in [0.25, 0.3) is 0 Å². The lowest BCUT2D eigenvalue weighted by Gasteiger charge is -2.10. The Hall–Kier alpha value is -1.82. The summed E-state index contributed by atoms with van der Waals surface area (Å²) in [5.74, 6) is -0.448. The van der Waals surface area contributed by atoms with Crippen LogP contribution >= 0.6 is 15.9 Å². The van der Waals surface area contributed by atoms with Gasteiger partial charge in [0.1, 0.15) is 0 Å². The molecule has 0 heterocycles. The molecule has 0 spiro atoms. The van der Waals surface area contributed by atoms with Crippen molar-refractivity contribution in [2.45, 2.75) is 12.6 Å². The number of hydrogen-bond donors (Lipinski definition) is 1. The Balaban J connectivity index is 2.31. The summed E-state index contributed by atoms with van der Waals surface area (Å²) in [6.45, 7) is 0. The van der Waals surface area contributed by atoms with Gasteiger partial charge < -0.3 is 5.73 Å². The molecule has 2 rings (SSSR count). The van der Waals surface area contributed by atoms with Crippen molar-refractivity contribution >= 4 is 27.4 Å². The normalized spacial score (nSPS) is 11.4. The van der Waals surface area contributed by atoms with Crippen molar-refractivity contribution in [2.24, 2.45) is 0 Å². The van der Waals surface area contributed by atoms with Crippen LogP contribution in [0.1, 0.15) is 21.5 Å². The quantitative estimate of drug-likeness (QED) is 0.650. The molecule has 0 aliphatic carbocycles. The van der Waals surface area contributed by atoms with E-state index in [1.54, 1.807) is 24.3 Å². The summed E-state index contributed by atoms with van der Waals surface area (Å²) in [5.41, 5.74) is 5.38. The van der Waals surface area contributed by atoms with Crippen LogP contribution in [0.2, 0.25) is 0 Å². The number of hydrogen-bond acceptors (Lipinski definition) is 2. The molecule has 0 aromatic heterocycles. The van der Waals surface area contributed by atoms with Crippen LogP contribution in [-0.2, 0) is 12.6 Å². The molecule has 0 saturated carbocycles. The zero-order chi connectivity index (χ0) is 15.6. The summed E-state index contributed by atoms with van der Waals surface area (Å²) in [6.07, 6.45) is -4.51. The van der Waals surface area contributed by atoms with E-state index in [0.29, 0.717) is 5.56 Å². The van der Waals surface area contributed by atoms with Gasteiger partial charge in [-0.3, -0.25) is 4.79 Å². The molecule has 0 radical (unpaired) electrons. The zero-order valence-electron chi connectivity index (χ0n) is 10.7. The van der Waals surface area contributed by atoms with Gasteiger partial charge >= 0.3 is 6.18 Å². The number of rotatable bonds is 3. The Morgan fingerprint density at radius 2 is 1.86 bits per heavy atom. The molecule has 2 N–H and O–H groups in total. The van der Waals surface area contributed by atoms with Crippen LogP contribution in [0, 0.1) is 0 Å². The fraction of sp³-hybridized carbons (Fsp3) is 0.133.